The van der Waals surface area contributed by atoms with E-state index in [9.17, 15) is 19.0 Å². The second kappa shape index (κ2) is 45.0. The Morgan fingerprint density at radius 1 is 0.517 bits per heavy atom. The average Bonchev–Trinajstić information content (AvgIpc) is 3.21. The minimum absolute atomic E-state index is 0.0512. The number of unbranched alkanes of at least 4 members (excludes halogenated alkanes) is 29. The van der Waals surface area contributed by atoms with Crippen LogP contribution in [0.2, 0.25) is 0 Å². The molecule has 58 heavy (non-hydrogen) atoms. The molecular weight excluding hydrogens is 750 g/mol. The SMILES string of the molecule is CCCCCCCC/C=C/C/C=C/CCCCC(=O)OC[C@H](COP(=O)(O)OCCN)OC(=O)CCCCCCCCCCCCCCCCCCCCCCCC. The van der Waals surface area contributed by atoms with Gasteiger partial charge < -0.3 is 20.1 Å². The molecule has 1 unspecified atom stereocenters. The van der Waals surface area contributed by atoms with Gasteiger partial charge in [0.05, 0.1) is 13.2 Å². The number of nitrogens with two attached hydrogens (primary N) is 1. The van der Waals surface area contributed by atoms with Crippen LogP contribution in [-0.4, -0.2) is 49.3 Å². The van der Waals surface area contributed by atoms with Gasteiger partial charge in [-0.2, -0.15) is 0 Å². The van der Waals surface area contributed by atoms with Gasteiger partial charge in [-0.25, -0.2) is 4.57 Å². The van der Waals surface area contributed by atoms with Crippen molar-refractivity contribution in [1.29, 1.82) is 0 Å². The van der Waals surface area contributed by atoms with Crippen LogP contribution < -0.4 is 5.73 Å². The number of phosphoric ester groups is 1. The summed E-state index contributed by atoms with van der Waals surface area (Å²) in [7, 11) is -4.38. The van der Waals surface area contributed by atoms with E-state index in [1.165, 1.54) is 161 Å². The van der Waals surface area contributed by atoms with Gasteiger partial charge in [0.15, 0.2) is 6.10 Å². The molecule has 0 aliphatic carbocycles. The number of ether oxygens (including phenoxy) is 2. The minimum atomic E-state index is -4.38. The fourth-order valence-electron chi connectivity index (χ4n) is 6.96. The lowest BCUT2D eigenvalue weighted by molar-refractivity contribution is -0.161. The van der Waals surface area contributed by atoms with E-state index in [2.05, 4.69) is 38.2 Å². The summed E-state index contributed by atoms with van der Waals surface area (Å²) in [6, 6.07) is 0. The Kier molecular flexibility index (Phi) is 43.9. The average molecular weight is 842 g/mol. The Bertz CT molecular complexity index is 1010. The van der Waals surface area contributed by atoms with Gasteiger partial charge in [0, 0.05) is 19.4 Å². The molecule has 0 saturated carbocycles. The van der Waals surface area contributed by atoms with Crippen molar-refractivity contribution in [2.75, 3.05) is 26.4 Å². The lowest BCUT2D eigenvalue weighted by Crippen LogP contribution is -2.29. The van der Waals surface area contributed by atoms with Crippen LogP contribution in [0.25, 0.3) is 0 Å². The third-order valence-corrected chi connectivity index (χ3v) is 11.6. The van der Waals surface area contributed by atoms with Crippen LogP contribution in [0.3, 0.4) is 0 Å². The molecule has 9 nitrogen and oxygen atoms in total. The molecule has 3 N–H and O–H groups in total. The van der Waals surface area contributed by atoms with Gasteiger partial charge in [0.1, 0.15) is 6.61 Å². The van der Waals surface area contributed by atoms with E-state index in [1.54, 1.807) is 0 Å². The summed E-state index contributed by atoms with van der Waals surface area (Å²) in [6.45, 7) is 3.73. The van der Waals surface area contributed by atoms with Gasteiger partial charge in [0.2, 0.25) is 0 Å². The maximum absolute atomic E-state index is 12.6. The quantitative estimate of drug-likeness (QED) is 0.0266. The highest BCUT2D eigenvalue weighted by atomic mass is 31.2. The molecule has 0 aliphatic rings. The van der Waals surface area contributed by atoms with Crippen LogP contribution in [0.4, 0.5) is 0 Å². The molecule has 2 atom stereocenters. The zero-order valence-corrected chi connectivity index (χ0v) is 38.7. The monoisotopic (exact) mass is 842 g/mol. The highest BCUT2D eigenvalue weighted by Gasteiger charge is 2.26. The number of allylic oxidation sites excluding steroid dienone is 4. The largest absolute Gasteiger partial charge is 0.472 e. The molecular formula is C48H92NO8P. The van der Waals surface area contributed by atoms with Gasteiger partial charge >= 0.3 is 19.8 Å². The van der Waals surface area contributed by atoms with E-state index >= 15 is 0 Å². The fraction of sp³-hybridized carbons (Fsp3) is 0.875. The molecule has 10 heteroatoms. The number of hydrogen-bond acceptors (Lipinski definition) is 8. The zero-order valence-electron chi connectivity index (χ0n) is 37.8. The van der Waals surface area contributed by atoms with Crippen LogP contribution in [-0.2, 0) is 32.7 Å². The van der Waals surface area contributed by atoms with Crippen molar-refractivity contribution in [1.82, 2.24) is 0 Å². The Hall–Kier alpha value is -1.51. The van der Waals surface area contributed by atoms with Crippen LogP contribution in [0.5, 0.6) is 0 Å². The molecule has 0 aromatic rings. The maximum atomic E-state index is 12.6. The minimum Gasteiger partial charge on any atom is -0.462 e. The summed E-state index contributed by atoms with van der Waals surface area (Å²) in [5.41, 5.74) is 5.36. The van der Waals surface area contributed by atoms with E-state index < -0.39 is 32.5 Å². The number of hydrogen-bond donors (Lipinski definition) is 2. The van der Waals surface area contributed by atoms with E-state index in [0.717, 1.165) is 38.5 Å². The second-order valence-corrected chi connectivity index (χ2v) is 17.8. The predicted octanol–water partition coefficient (Wildman–Crippen LogP) is 14.3. The Balaban J connectivity index is 4.06. The summed E-state index contributed by atoms with van der Waals surface area (Å²) in [5, 5.41) is 0. The first-order valence-electron chi connectivity index (χ1n) is 24.3. The Labute approximate surface area is 357 Å². The van der Waals surface area contributed by atoms with Gasteiger partial charge in [0.25, 0.3) is 0 Å². The lowest BCUT2D eigenvalue weighted by atomic mass is 10.0. The summed E-state index contributed by atoms with van der Waals surface area (Å²) in [5.74, 6) is -0.855. The molecule has 0 fully saturated rings. The first-order chi connectivity index (χ1) is 28.3. The molecule has 0 aliphatic heterocycles. The van der Waals surface area contributed by atoms with Crippen molar-refractivity contribution in [2.45, 2.75) is 245 Å². The molecule has 0 rings (SSSR count). The molecule has 0 spiro atoms. The van der Waals surface area contributed by atoms with E-state index in [1.807, 2.05) is 0 Å². The lowest BCUT2D eigenvalue weighted by Gasteiger charge is -2.19. The third kappa shape index (κ3) is 44.1. The van der Waals surface area contributed by atoms with Crippen LogP contribution >= 0.6 is 7.82 Å². The topological polar surface area (TPSA) is 134 Å². The molecule has 0 saturated heterocycles. The summed E-state index contributed by atoms with van der Waals surface area (Å²) < 4.78 is 32.8. The highest BCUT2D eigenvalue weighted by molar-refractivity contribution is 7.47. The summed E-state index contributed by atoms with van der Waals surface area (Å²) >= 11 is 0. The maximum Gasteiger partial charge on any atom is 0.472 e. The molecule has 0 aromatic carbocycles. The van der Waals surface area contributed by atoms with Crippen molar-refractivity contribution >= 4 is 19.8 Å². The van der Waals surface area contributed by atoms with Crippen LogP contribution in [0, 0.1) is 0 Å². The Morgan fingerprint density at radius 2 is 0.897 bits per heavy atom. The molecule has 0 amide bonds. The smallest absolute Gasteiger partial charge is 0.462 e. The van der Waals surface area contributed by atoms with E-state index in [0.29, 0.717) is 12.8 Å². The van der Waals surface area contributed by atoms with Crippen molar-refractivity contribution in [3.8, 4) is 0 Å². The van der Waals surface area contributed by atoms with E-state index in [-0.39, 0.29) is 32.6 Å². The van der Waals surface area contributed by atoms with Crippen molar-refractivity contribution in [3.05, 3.63) is 24.3 Å². The number of rotatable bonds is 46. The van der Waals surface area contributed by atoms with Crippen molar-refractivity contribution in [2.24, 2.45) is 5.73 Å². The normalized spacial score (nSPS) is 13.4. The van der Waals surface area contributed by atoms with Crippen LogP contribution in [0.15, 0.2) is 24.3 Å². The number of carbonyl (C=O) groups is 2. The molecule has 0 aromatic heterocycles. The Morgan fingerprint density at radius 3 is 1.34 bits per heavy atom. The fourth-order valence-corrected chi connectivity index (χ4v) is 7.73. The summed E-state index contributed by atoms with van der Waals surface area (Å²) in [4.78, 5) is 34.9. The van der Waals surface area contributed by atoms with E-state index in [4.69, 9.17) is 24.3 Å². The standard InChI is InChI=1S/C48H92NO8P/c1-3-5-7-9-11-13-15-17-19-20-21-22-23-24-25-27-29-31-33-35-37-39-41-48(51)57-46(45-56-58(52,53)55-43-42-49)44-54-47(50)40-38-36-34-32-30-28-26-18-16-14-12-10-8-6-4-2/h18,26,30,32,46H,3-17,19-25,27-29,31,33-45,49H2,1-2H3,(H,52,53)/b26-18+,32-30+/t46-/m1/s1. The first-order valence-corrected chi connectivity index (χ1v) is 25.8. The van der Waals surface area contributed by atoms with Gasteiger partial charge in [-0.1, -0.05) is 205 Å². The van der Waals surface area contributed by atoms with Gasteiger partial charge in [-0.3, -0.25) is 18.6 Å². The first kappa shape index (κ1) is 56.5. The number of phosphoric acid groups is 1. The third-order valence-electron chi connectivity index (χ3n) is 10.6. The molecule has 342 valence electrons. The molecule has 0 bridgehead atoms. The zero-order chi connectivity index (χ0) is 42.5. The van der Waals surface area contributed by atoms with Crippen LogP contribution in [0.1, 0.15) is 239 Å². The molecule has 0 heterocycles. The summed E-state index contributed by atoms with van der Waals surface area (Å²) in [6.07, 6.45) is 49.4. The van der Waals surface area contributed by atoms with Crippen molar-refractivity contribution < 1.29 is 37.6 Å². The van der Waals surface area contributed by atoms with Gasteiger partial charge in [-0.15, -0.1) is 0 Å². The predicted molar refractivity (Wildman–Crippen MR) is 243 cm³/mol. The van der Waals surface area contributed by atoms with Gasteiger partial charge in [-0.05, 0) is 44.9 Å². The highest BCUT2D eigenvalue weighted by Crippen LogP contribution is 2.43. The molecule has 0 radical (unpaired) electrons. The van der Waals surface area contributed by atoms with Crippen molar-refractivity contribution in [3.63, 3.8) is 0 Å². The number of esters is 2. The number of carbonyl (C=O) groups excluding carboxylic acids is 2. The second-order valence-electron chi connectivity index (χ2n) is 16.3.